The zero-order valence-corrected chi connectivity index (χ0v) is 14.5. The van der Waals surface area contributed by atoms with E-state index in [4.69, 9.17) is 5.73 Å². The van der Waals surface area contributed by atoms with Crippen LogP contribution in [0.2, 0.25) is 0 Å². The zero-order valence-electron chi connectivity index (χ0n) is 13.7. The van der Waals surface area contributed by atoms with Crippen LogP contribution in [0.1, 0.15) is 38.2 Å². The SMILES string of the molecule is CCNS(=O)(=O)c1ccc(CN=C(N)N2CCCCCC2)cc1. The molecule has 1 saturated heterocycles. The summed E-state index contributed by atoms with van der Waals surface area (Å²) < 4.78 is 26.2. The molecule has 0 bridgehead atoms. The monoisotopic (exact) mass is 338 g/mol. The van der Waals surface area contributed by atoms with E-state index in [2.05, 4.69) is 14.6 Å². The second-order valence-electron chi connectivity index (χ2n) is 5.72. The van der Waals surface area contributed by atoms with Gasteiger partial charge in [0.1, 0.15) is 0 Å². The normalized spacial score (nSPS) is 17.1. The van der Waals surface area contributed by atoms with Gasteiger partial charge in [-0.2, -0.15) is 0 Å². The van der Waals surface area contributed by atoms with E-state index in [9.17, 15) is 8.42 Å². The van der Waals surface area contributed by atoms with Gasteiger partial charge < -0.3 is 10.6 Å². The van der Waals surface area contributed by atoms with Crippen molar-refractivity contribution in [2.75, 3.05) is 19.6 Å². The number of sulfonamides is 1. The molecule has 1 aromatic carbocycles. The molecule has 128 valence electrons. The Bertz CT molecular complexity index is 618. The van der Waals surface area contributed by atoms with Crippen LogP contribution >= 0.6 is 0 Å². The van der Waals surface area contributed by atoms with Crippen molar-refractivity contribution in [2.24, 2.45) is 10.7 Å². The van der Waals surface area contributed by atoms with Gasteiger partial charge >= 0.3 is 0 Å². The summed E-state index contributed by atoms with van der Waals surface area (Å²) >= 11 is 0. The second kappa shape index (κ2) is 8.31. The van der Waals surface area contributed by atoms with Crippen LogP contribution < -0.4 is 10.5 Å². The third kappa shape index (κ3) is 5.21. The van der Waals surface area contributed by atoms with Crippen molar-refractivity contribution in [3.8, 4) is 0 Å². The van der Waals surface area contributed by atoms with Gasteiger partial charge in [-0.3, -0.25) is 0 Å². The number of hydrogen-bond acceptors (Lipinski definition) is 3. The molecule has 6 nitrogen and oxygen atoms in total. The predicted octanol–water partition coefficient (Wildman–Crippen LogP) is 1.68. The summed E-state index contributed by atoms with van der Waals surface area (Å²) in [5, 5.41) is 0. The van der Waals surface area contributed by atoms with Crippen LogP contribution in [0.25, 0.3) is 0 Å². The average Bonchev–Trinajstić information content (AvgIpc) is 2.82. The average molecular weight is 338 g/mol. The predicted molar refractivity (Wildman–Crippen MR) is 92.7 cm³/mol. The summed E-state index contributed by atoms with van der Waals surface area (Å²) in [5.74, 6) is 0.580. The first-order valence-electron chi connectivity index (χ1n) is 8.16. The fraction of sp³-hybridized carbons (Fsp3) is 0.562. The number of nitrogens with zero attached hydrogens (tertiary/aromatic N) is 2. The fourth-order valence-corrected chi connectivity index (χ4v) is 3.66. The minimum atomic E-state index is -3.40. The number of rotatable bonds is 5. The lowest BCUT2D eigenvalue weighted by molar-refractivity contribution is 0.428. The number of benzene rings is 1. The lowest BCUT2D eigenvalue weighted by Crippen LogP contribution is -2.38. The van der Waals surface area contributed by atoms with Crippen LogP contribution in [0.15, 0.2) is 34.2 Å². The number of nitrogens with two attached hydrogens (primary N) is 1. The molecule has 2 rings (SSSR count). The van der Waals surface area contributed by atoms with E-state index in [-0.39, 0.29) is 4.90 Å². The zero-order chi connectivity index (χ0) is 16.7. The van der Waals surface area contributed by atoms with E-state index >= 15 is 0 Å². The highest BCUT2D eigenvalue weighted by atomic mass is 32.2. The summed E-state index contributed by atoms with van der Waals surface area (Å²) in [6.07, 6.45) is 4.83. The molecule has 1 aliphatic rings. The molecule has 1 aromatic rings. The summed E-state index contributed by atoms with van der Waals surface area (Å²) in [7, 11) is -3.40. The summed E-state index contributed by atoms with van der Waals surface area (Å²) in [6, 6.07) is 6.77. The molecular weight excluding hydrogens is 312 g/mol. The van der Waals surface area contributed by atoms with Gasteiger partial charge in [0.25, 0.3) is 0 Å². The van der Waals surface area contributed by atoms with Crippen molar-refractivity contribution < 1.29 is 8.42 Å². The highest BCUT2D eigenvalue weighted by molar-refractivity contribution is 7.89. The molecule has 0 aromatic heterocycles. The summed E-state index contributed by atoms with van der Waals surface area (Å²) in [5.41, 5.74) is 7.02. The molecule has 0 unspecified atom stereocenters. The topological polar surface area (TPSA) is 87.8 Å². The van der Waals surface area contributed by atoms with E-state index in [1.165, 1.54) is 12.8 Å². The minimum absolute atomic E-state index is 0.271. The van der Waals surface area contributed by atoms with Crippen molar-refractivity contribution in [2.45, 2.75) is 44.0 Å². The van der Waals surface area contributed by atoms with E-state index in [0.29, 0.717) is 19.0 Å². The van der Waals surface area contributed by atoms with Crippen molar-refractivity contribution in [1.82, 2.24) is 9.62 Å². The van der Waals surface area contributed by atoms with Crippen LogP contribution in [0.5, 0.6) is 0 Å². The Labute approximate surface area is 138 Å². The van der Waals surface area contributed by atoms with Crippen molar-refractivity contribution in [3.05, 3.63) is 29.8 Å². The molecule has 1 fully saturated rings. The molecule has 0 aliphatic carbocycles. The molecule has 3 N–H and O–H groups in total. The smallest absolute Gasteiger partial charge is 0.240 e. The Hall–Kier alpha value is -1.60. The lowest BCUT2D eigenvalue weighted by atomic mass is 10.2. The molecule has 1 heterocycles. The number of likely N-dealkylation sites (tertiary alicyclic amines) is 1. The number of guanidine groups is 1. The van der Waals surface area contributed by atoms with Gasteiger partial charge in [0.15, 0.2) is 5.96 Å². The first-order chi connectivity index (χ1) is 11.0. The maximum atomic E-state index is 11.9. The van der Waals surface area contributed by atoms with Crippen LogP contribution in [0.3, 0.4) is 0 Å². The number of hydrogen-bond donors (Lipinski definition) is 2. The van der Waals surface area contributed by atoms with Gasteiger partial charge in [-0.05, 0) is 30.5 Å². The van der Waals surface area contributed by atoms with Gasteiger partial charge in [-0.25, -0.2) is 18.1 Å². The number of aliphatic imine (C=N–C) groups is 1. The lowest BCUT2D eigenvalue weighted by Gasteiger charge is -2.21. The largest absolute Gasteiger partial charge is 0.370 e. The van der Waals surface area contributed by atoms with Crippen LogP contribution in [-0.4, -0.2) is 38.9 Å². The molecule has 0 radical (unpaired) electrons. The second-order valence-corrected chi connectivity index (χ2v) is 7.49. The molecule has 0 atom stereocenters. The van der Waals surface area contributed by atoms with E-state index in [1.807, 2.05) is 0 Å². The van der Waals surface area contributed by atoms with Gasteiger partial charge in [-0.1, -0.05) is 31.9 Å². The molecule has 0 amide bonds. The van der Waals surface area contributed by atoms with Crippen LogP contribution in [-0.2, 0) is 16.6 Å². The van der Waals surface area contributed by atoms with E-state index in [0.717, 1.165) is 31.5 Å². The van der Waals surface area contributed by atoms with E-state index in [1.54, 1.807) is 31.2 Å². The van der Waals surface area contributed by atoms with Gasteiger partial charge in [-0.15, -0.1) is 0 Å². The number of nitrogens with one attached hydrogen (secondary N) is 1. The Balaban J connectivity index is 1.99. The molecule has 23 heavy (non-hydrogen) atoms. The summed E-state index contributed by atoms with van der Waals surface area (Å²) in [6.45, 7) is 4.53. The highest BCUT2D eigenvalue weighted by Crippen LogP contribution is 2.12. The Morgan fingerprint density at radius 3 is 2.35 bits per heavy atom. The minimum Gasteiger partial charge on any atom is -0.370 e. The Morgan fingerprint density at radius 2 is 1.78 bits per heavy atom. The van der Waals surface area contributed by atoms with Crippen LogP contribution in [0, 0.1) is 0 Å². The fourth-order valence-electron chi connectivity index (χ4n) is 2.62. The molecular formula is C16H26N4O2S. The highest BCUT2D eigenvalue weighted by Gasteiger charge is 2.12. The van der Waals surface area contributed by atoms with Gasteiger partial charge in [0, 0.05) is 19.6 Å². The van der Waals surface area contributed by atoms with Crippen LogP contribution in [0.4, 0.5) is 0 Å². The van der Waals surface area contributed by atoms with Crippen molar-refractivity contribution in [1.29, 1.82) is 0 Å². The standard InChI is InChI=1S/C16H26N4O2S/c1-2-19-23(21,22)15-9-7-14(8-10-15)13-18-16(17)20-11-5-3-4-6-12-20/h7-10,19H,2-6,11-13H2,1H3,(H2,17,18). The quantitative estimate of drug-likeness (QED) is 0.631. The summed E-state index contributed by atoms with van der Waals surface area (Å²) in [4.78, 5) is 6.85. The maximum absolute atomic E-state index is 11.9. The Morgan fingerprint density at radius 1 is 1.17 bits per heavy atom. The first-order valence-corrected chi connectivity index (χ1v) is 9.64. The molecule has 0 spiro atoms. The van der Waals surface area contributed by atoms with Gasteiger partial charge in [0.2, 0.25) is 10.0 Å². The Kier molecular flexibility index (Phi) is 6.41. The molecule has 7 heteroatoms. The first kappa shape index (κ1) is 17.7. The van der Waals surface area contributed by atoms with Crippen molar-refractivity contribution >= 4 is 16.0 Å². The third-order valence-corrected chi connectivity index (χ3v) is 5.48. The van der Waals surface area contributed by atoms with Gasteiger partial charge in [0.05, 0.1) is 11.4 Å². The third-order valence-electron chi connectivity index (χ3n) is 3.92. The molecule has 0 saturated carbocycles. The molecule has 1 aliphatic heterocycles. The van der Waals surface area contributed by atoms with E-state index < -0.39 is 10.0 Å². The maximum Gasteiger partial charge on any atom is 0.240 e. The van der Waals surface area contributed by atoms with Crippen molar-refractivity contribution in [3.63, 3.8) is 0 Å².